The standard InChI is InChI=1S/C23H24ClN3O2S2/c1-18-9-12-22(13-10-18)31(28,29)27(16-20-7-5-4-6-8-20)30-26(3)17-25-23-14-11-21(24)15-19(23)2/h4-15,17H,16H2,1-3H3/b25-17+. The van der Waals surface area contributed by atoms with Gasteiger partial charge in [-0.3, -0.25) is 4.31 Å². The molecule has 3 rings (SSSR count). The maximum absolute atomic E-state index is 13.4. The fraction of sp³-hybridized carbons (Fsp3) is 0.174. The van der Waals surface area contributed by atoms with Gasteiger partial charge in [-0.25, -0.2) is 13.4 Å². The highest BCUT2D eigenvalue weighted by Gasteiger charge is 2.27. The number of aryl methyl sites for hydroxylation is 2. The summed E-state index contributed by atoms with van der Waals surface area (Å²) in [5.41, 5.74) is 3.61. The Morgan fingerprint density at radius 1 is 1.00 bits per heavy atom. The summed E-state index contributed by atoms with van der Waals surface area (Å²) in [6.45, 7) is 4.07. The van der Waals surface area contributed by atoms with Crippen LogP contribution in [0.1, 0.15) is 16.7 Å². The molecule has 0 aliphatic rings. The third kappa shape index (κ3) is 6.33. The maximum atomic E-state index is 13.4. The van der Waals surface area contributed by atoms with Crippen LogP contribution in [0.2, 0.25) is 5.02 Å². The Labute approximate surface area is 193 Å². The Morgan fingerprint density at radius 2 is 1.68 bits per heavy atom. The largest absolute Gasteiger partial charge is 0.296 e. The summed E-state index contributed by atoms with van der Waals surface area (Å²) in [6.07, 6.45) is 1.60. The molecule has 0 unspecified atom stereocenters. The Morgan fingerprint density at radius 3 is 2.32 bits per heavy atom. The molecule has 0 spiro atoms. The van der Waals surface area contributed by atoms with Crippen molar-refractivity contribution in [2.45, 2.75) is 25.3 Å². The van der Waals surface area contributed by atoms with Crippen LogP contribution in [0.5, 0.6) is 0 Å². The average molecular weight is 474 g/mol. The molecular formula is C23H24ClN3O2S2. The molecule has 162 valence electrons. The third-order valence-electron chi connectivity index (χ3n) is 4.48. The van der Waals surface area contributed by atoms with Gasteiger partial charge in [-0.1, -0.05) is 59.6 Å². The zero-order valence-corrected chi connectivity index (χ0v) is 20.0. The van der Waals surface area contributed by atoms with Gasteiger partial charge < -0.3 is 0 Å². The van der Waals surface area contributed by atoms with E-state index in [1.54, 1.807) is 48.0 Å². The highest BCUT2D eigenvalue weighted by Crippen LogP contribution is 2.28. The molecule has 8 heteroatoms. The maximum Gasteiger partial charge on any atom is 0.253 e. The molecule has 31 heavy (non-hydrogen) atoms. The van der Waals surface area contributed by atoms with Crippen LogP contribution in [-0.2, 0) is 16.6 Å². The van der Waals surface area contributed by atoms with Crippen LogP contribution in [0.4, 0.5) is 5.69 Å². The first-order valence-corrected chi connectivity index (χ1v) is 12.1. The van der Waals surface area contributed by atoms with E-state index in [2.05, 4.69) is 4.99 Å². The minimum absolute atomic E-state index is 0.222. The Hall–Kier alpha value is -2.32. The van der Waals surface area contributed by atoms with Gasteiger partial charge in [-0.2, -0.15) is 0 Å². The predicted octanol–water partition coefficient (Wildman–Crippen LogP) is 6.00. The van der Waals surface area contributed by atoms with Gasteiger partial charge in [0.15, 0.2) is 0 Å². The molecule has 0 aliphatic heterocycles. The average Bonchev–Trinajstić information content (AvgIpc) is 2.74. The van der Waals surface area contributed by atoms with Crippen molar-refractivity contribution < 1.29 is 8.42 Å². The molecule has 0 aliphatic carbocycles. The van der Waals surface area contributed by atoms with Crippen molar-refractivity contribution in [2.24, 2.45) is 4.99 Å². The summed E-state index contributed by atoms with van der Waals surface area (Å²) in [5.74, 6) is 0. The van der Waals surface area contributed by atoms with Crippen LogP contribution in [0, 0.1) is 13.8 Å². The van der Waals surface area contributed by atoms with Gasteiger partial charge in [-0.15, -0.1) is 3.71 Å². The first-order valence-electron chi connectivity index (χ1n) is 9.60. The fourth-order valence-corrected chi connectivity index (χ4v) is 5.56. The smallest absolute Gasteiger partial charge is 0.253 e. The van der Waals surface area contributed by atoms with Gasteiger partial charge in [0.2, 0.25) is 0 Å². The van der Waals surface area contributed by atoms with E-state index < -0.39 is 10.0 Å². The summed E-state index contributed by atoms with van der Waals surface area (Å²) >= 11 is 7.08. The van der Waals surface area contributed by atoms with E-state index in [-0.39, 0.29) is 11.4 Å². The van der Waals surface area contributed by atoms with Crippen molar-refractivity contribution in [3.05, 3.63) is 94.5 Å². The van der Waals surface area contributed by atoms with Crippen LogP contribution < -0.4 is 0 Å². The number of nitrogens with zero attached hydrogens (tertiary/aromatic N) is 3. The second-order valence-corrected chi connectivity index (χ2v) is 10.8. The lowest BCUT2D eigenvalue weighted by molar-refractivity contribution is 0.535. The van der Waals surface area contributed by atoms with Crippen molar-refractivity contribution >= 4 is 45.8 Å². The molecule has 3 aromatic rings. The van der Waals surface area contributed by atoms with Crippen molar-refractivity contribution in [3.63, 3.8) is 0 Å². The molecule has 0 heterocycles. The normalized spacial score (nSPS) is 11.9. The lowest BCUT2D eigenvalue weighted by atomic mass is 10.2. The van der Waals surface area contributed by atoms with Crippen LogP contribution in [0.15, 0.2) is 82.7 Å². The zero-order chi connectivity index (χ0) is 22.4. The summed E-state index contributed by atoms with van der Waals surface area (Å²) in [5, 5.41) is 0.650. The number of rotatable bonds is 8. The third-order valence-corrected chi connectivity index (χ3v) is 7.70. The van der Waals surface area contributed by atoms with Gasteiger partial charge in [-0.05, 0) is 55.3 Å². The fourth-order valence-electron chi connectivity index (χ4n) is 2.79. The summed E-state index contributed by atoms with van der Waals surface area (Å²) in [6, 6.07) is 21.8. The first-order chi connectivity index (χ1) is 14.8. The van der Waals surface area contributed by atoms with Crippen molar-refractivity contribution in [1.82, 2.24) is 8.02 Å². The van der Waals surface area contributed by atoms with Gasteiger partial charge in [0, 0.05) is 12.1 Å². The zero-order valence-electron chi connectivity index (χ0n) is 17.6. The number of hydrogen-bond acceptors (Lipinski definition) is 4. The topological polar surface area (TPSA) is 53.0 Å². The number of halogens is 1. The van der Waals surface area contributed by atoms with Crippen molar-refractivity contribution in [1.29, 1.82) is 0 Å². The highest BCUT2D eigenvalue weighted by molar-refractivity contribution is 8.07. The predicted molar refractivity (Wildman–Crippen MR) is 130 cm³/mol. The lowest BCUT2D eigenvalue weighted by Gasteiger charge is -2.24. The van der Waals surface area contributed by atoms with E-state index in [1.165, 1.54) is 3.71 Å². The first kappa shape index (κ1) is 23.3. The molecule has 0 atom stereocenters. The molecule has 3 aromatic carbocycles. The van der Waals surface area contributed by atoms with Crippen molar-refractivity contribution in [2.75, 3.05) is 7.05 Å². The SMILES string of the molecule is Cc1ccc(S(=O)(=O)N(Cc2ccccc2)SN(C)/C=N/c2ccc(Cl)cc2C)cc1. The number of benzene rings is 3. The number of sulfonamides is 1. The van der Waals surface area contributed by atoms with Gasteiger partial charge in [0.05, 0.1) is 29.3 Å². The van der Waals surface area contributed by atoms with Crippen LogP contribution in [-0.4, -0.2) is 29.8 Å². The minimum Gasteiger partial charge on any atom is -0.296 e. The number of aliphatic imine (C=N–C) groups is 1. The van der Waals surface area contributed by atoms with E-state index in [0.29, 0.717) is 5.02 Å². The molecular weight excluding hydrogens is 450 g/mol. The summed E-state index contributed by atoms with van der Waals surface area (Å²) in [7, 11) is -1.97. The molecule has 0 N–H and O–H groups in total. The molecule has 0 saturated carbocycles. The Kier molecular flexibility index (Phi) is 7.78. The highest BCUT2D eigenvalue weighted by atomic mass is 35.5. The van der Waals surface area contributed by atoms with E-state index in [0.717, 1.165) is 34.5 Å². The molecule has 0 bridgehead atoms. The molecule has 0 radical (unpaired) electrons. The molecule has 0 saturated heterocycles. The second-order valence-electron chi connectivity index (χ2n) is 7.07. The molecule has 0 amide bonds. The molecule has 0 fully saturated rings. The number of hydrogen-bond donors (Lipinski definition) is 0. The lowest BCUT2D eigenvalue weighted by Crippen LogP contribution is -2.28. The van der Waals surface area contributed by atoms with Gasteiger partial charge in [0.25, 0.3) is 10.0 Å². The minimum atomic E-state index is -3.73. The summed E-state index contributed by atoms with van der Waals surface area (Å²) in [4.78, 5) is 4.72. The second kappa shape index (κ2) is 10.3. The Bertz CT molecular complexity index is 1150. The van der Waals surface area contributed by atoms with E-state index in [1.807, 2.05) is 56.3 Å². The van der Waals surface area contributed by atoms with E-state index >= 15 is 0 Å². The van der Waals surface area contributed by atoms with Gasteiger partial charge >= 0.3 is 0 Å². The Balaban J connectivity index is 1.85. The van der Waals surface area contributed by atoms with Gasteiger partial charge in [0.1, 0.15) is 6.34 Å². The molecule has 5 nitrogen and oxygen atoms in total. The van der Waals surface area contributed by atoms with Crippen LogP contribution in [0.3, 0.4) is 0 Å². The monoisotopic (exact) mass is 473 g/mol. The van der Waals surface area contributed by atoms with E-state index in [9.17, 15) is 8.42 Å². The van der Waals surface area contributed by atoms with Crippen LogP contribution >= 0.6 is 23.7 Å². The summed E-state index contributed by atoms with van der Waals surface area (Å²) < 4.78 is 29.8. The van der Waals surface area contributed by atoms with Crippen molar-refractivity contribution in [3.8, 4) is 0 Å². The van der Waals surface area contributed by atoms with Crippen LogP contribution in [0.25, 0.3) is 0 Å². The van der Waals surface area contributed by atoms with E-state index in [4.69, 9.17) is 11.6 Å². The quantitative estimate of drug-likeness (QED) is 0.228. The molecule has 0 aromatic heterocycles.